The van der Waals surface area contributed by atoms with Crippen LogP contribution < -0.4 is 0 Å². The largest absolute Gasteiger partial charge is 0.357 e. The molecule has 1 aliphatic heterocycles. The summed E-state index contributed by atoms with van der Waals surface area (Å²) in [7, 11) is -4.23. The van der Waals surface area contributed by atoms with Crippen LogP contribution in [0.1, 0.15) is 48.4 Å². The molecule has 0 saturated heterocycles. The molecule has 0 aliphatic carbocycles. The maximum Gasteiger partial charge on any atom is 0.357 e. The second kappa shape index (κ2) is 7.27. The fourth-order valence-electron chi connectivity index (χ4n) is 4.01. The van der Waals surface area contributed by atoms with Gasteiger partial charge in [-0.25, -0.2) is 4.39 Å². The summed E-state index contributed by atoms with van der Waals surface area (Å²) in [4.78, 5) is 0.711. The number of quaternary nitrogens is 1. The molecule has 1 aromatic heterocycles. The van der Waals surface area contributed by atoms with Gasteiger partial charge in [0.15, 0.2) is 6.04 Å². The van der Waals surface area contributed by atoms with Gasteiger partial charge in [0.2, 0.25) is 0 Å². The van der Waals surface area contributed by atoms with E-state index in [0.717, 1.165) is 11.1 Å². The molecule has 0 bridgehead atoms. The van der Waals surface area contributed by atoms with Gasteiger partial charge in [0.25, 0.3) is 0 Å². The van der Waals surface area contributed by atoms with Crippen molar-refractivity contribution in [2.24, 2.45) is 0 Å². The molecule has 4 nitrogen and oxygen atoms in total. The number of hydrogen-bond donors (Lipinski definition) is 1. The maximum atomic E-state index is 14.8. The molecular weight excluding hydrogens is 421 g/mol. The van der Waals surface area contributed by atoms with E-state index in [1.165, 1.54) is 29.5 Å². The van der Waals surface area contributed by atoms with E-state index in [1.54, 1.807) is 30.3 Å². The first kappa shape index (κ1) is 21.2. The zero-order valence-electron chi connectivity index (χ0n) is 17.2. The van der Waals surface area contributed by atoms with Crippen molar-refractivity contribution in [1.29, 1.82) is 0 Å². The van der Waals surface area contributed by atoms with E-state index in [0.29, 0.717) is 11.3 Å². The summed E-state index contributed by atoms with van der Waals surface area (Å²) in [5.41, 5.74) is 2.00. The van der Waals surface area contributed by atoms with Crippen LogP contribution in [-0.2, 0) is 21.9 Å². The van der Waals surface area contributed by atoms with Crippen molar-refractivity contribution in [3.63, 3.8) is 0 Å². The zero-order chi connectivity index (χ0) is 21.7. The van der Waals surface area contributed by atoms with E-state index in [-0.39, 0.29) is 22.4 Å². The highest BCUT2D eigenvalue weighted by Gasteiger charge is 2.55. The van der Waals surface area contributed by atoms with Gasteiger partial charge in [-0.2, -0.15) is 13.6 Å². The first-order valence-corrected chi connectivity index (χ1v) is 12.1. The number of benzene rings is 2. The summed E-state index contributed by atoms with van der Waals surface area (Å²) in [6.45, 7) is 6.10. The van der Waals surface area contributed by atoms with Crippen LogP contribution >= 0.6 is 11.3 Å². The molecule has 2 heterocycles. The van der Waals surface area contributed by atoms with Crippen molar-refractivity contribution in [2.45, 2.75) is 43.5 Å². The molecule has 0 radical (unpaired) electrons. The van der Waals surface area contributed by atoms with E-state index in [1.807, 2.05) is 32.2 Å². The predicted octanol–water partition coefficient (Wildman–Crippen LogP) is 5.43. The minimum atomic E-state index is -4.23. The lowest BCUT2D eigenvalue weighted by atomic mass is 9.87. The molecule has 2 aromatic carbocycles. The fourth-order valence-corrected chi connectivity index (χ4v) is 6.88. The molecule has 0 spiro atoms. The lowest BCUT2D eigenvalue weighted by Gasteiger charge is -2.39. The topological polar surface area (TPSA) is 54.4 Å². The molecule has 0 saturated carbocycles. The normalized spacial score (nSPS) is 22.0. The Morgan fingerprint density at radius 3 is 2.37 bits per heavy atom. The Balaban J connectivity index is 1.88. The molecule has 30 heavy (non-hydrogen) atoms. The van der Waals surface area contributed by atoms with Crippen molar-refractivity contribution in [3.8, 4) is 0 Å². The van der Waals surface area contributed by atoms with Crippen LogP contribution in [0.4, 0.5) is 4.39 Å². The first-order valence-electron chi connectivity index (χ1n) is 9.82. The average molecular weight is 447 g/mol. The van der Waals surface area contributed by atoms with Crippen LogP contribution in [0.3, 0.4) is 0 Å². The zero-order valence-corrected chi connectivity index (χ0v) is 18.8. The van der Waals surface area contributed by atoms with Gasteiger partial charge < -0.3 is 0 Å². The second-order valence-electron chi connectivity index (χ2n) is 8.71. The molecule has 7 heteroatoms. The van der Waals surface area contributed by atoms with Crippen LogP contribution in [0.2, 0.25) is 0 Å². The standard InChI is InChI=1S/C23H25FNO3S2/c1-23(2,3)17-8-10-18(11-9-17)30(27,28)25(26)14-12-16-13-15-29-22(16)21(25)19-6-4-5-7-20(19)24/h4-11,13,15,21,26H,12,14H2,1-3H3/q+1. The van der Waals surface area contributed by atoms with Crippen molar-refractivity contribution >= 4 is 21.4 Å². The van der Waals surface area contributed by atoms with Gasteiger partial charge in [-0.05, 0) is 52.3 Å². The number of thiophene rings is 1. The van der Waals surface area contributed by atoms with Gasteiger partial charge in [-0.1, -0.05) is 49.1 Å². The van der Waals surface area contributed by atoms with Crippen molar-refractivity contribution < 1.29 is 22.1 Å². The Kier molecular flexibility index (Phi) is 5.13. The van der Waals surface area contributed by atoms with Crippen LogP contribution in [0, 0.1) is 5.82 Å². The molecule has 158 valence electrons. The van der Waals surface area contributed by atoms with E-state index < -0.39 is 25.9 Å². The van der Waals surface area contributed by atoms with Gasteiger partial charge in [0.1, 0.15) is 17.3 Å². The Bertz CT molecular complexity index is 1180. The lowest BCUT2D eigenvalue weighted by molar-refractivity contribution is -1.02. The minimum Gasteiger partial charge on any atom is -0.206 e. The molecule has 2 atom stereocenters. The van der Waals surface area contributed by atoms with Gasteiger partial charge in [0, 0.05) is 6.42 Å². The summed E-state index contributed by atoms with van der Waals surface area (Å²) in [6, 6.07) is 13.6. The number of rotatable bonds is 3. The summed E-state index contributed by atoms with van der Waals surface area (Å²) in [5.74, 6) is -0.529. The highest BCUT2D eigenvalue weighted by atomic mass is 32.2. The fraction of sp³-hybridized carbons (Fsp3) is 0.304. The second-order valence-corrected chi connectivity index (χ2v) is 11.7. The molecule has 1 N–H and O–H groups in total. The summed E-state index contributed by atoms with van der Waals surface area (Å²) < 4.78 is 40.9. The number of nitrogens with zero attached hydrogens (tertiary/aromatic N) is 1. The van der Waals surface area contributed by atoms with Crippen LogP contribution in [-0.4, -0.2) is 24.2 Å². The number of sulfonamides is 1. The minimum absolute atomic E-state index is 0.0272. The smallest absolute Gasteiger partial charge is 0.206 e. The molecule has 3 aromatic rings. The summed E-state index contributed by atoms with van der Waals surface area (Å²) >= 11 is 1.35. The van der Waals surface area contributed by atoms with E-state index in [4.69, 9.17) is 0 Å². The SMILES string of the molecule is CC(C)(C)c1ccc(S(=O)(=O)[N+]2(O)CCc3ccsc3C2c2ccccc2F)cc1. The van der Waals surface area contributed by atoms with Crippen LogP contribution in [0.5, 0.6) is 0 Å². The number of hydrogen-bond acceptors (Lipinski definition) is 4. The third kappa shape index (κ3) is 3.30. The number of hydroxylamine groups is 2. The highest BCUT2D eigenvalue weighted by Crippen LogP contribution is 2.46. The third-order valence-corrected chi connectivity index (χ3v) is 8.87. The lowest BCUT2D eigenvalue weighted by Crippen LogP contribution is -2.55. The van der Waals surface area contributed by atoms with Crippen molar-refractivity contribution in [1.82, 2.24) is 0 Å². The van der Waals surface area contributed by atoms with E-state index in [9.17, 15) is 18.0 Å². The summed E-state index contributed by atoms with van der Waals surface area (Å²) in [5, 5.41) is 13.5. The molecular formula is C23H25FNO3S2+. The quantitative estimate of drug-likeness (QED) is 0.546. The van der Waals surface area contributed by atoms with Crippen LogP contribution in [0.15, 0.2) is 64.9 Å². The van der Waals surface area contributed by atoms with Gasteiger partial charge in [0.05, 0.1) is 10.4 Å². The Morgan fingerprint density at radius 2 is 1.73 bits per heavy atom. The van der Waals surface area contributed by atoms with Crippen LogP contribution in [0.25, 0.3) is 0 Å². The Hall–Kier alpha value is -2.06. The van der Waals surface area contributed by atoms with Crippen molar-refractivity contribution in [2.75, 3.05) is 6.54 Å². The van der Waals surface area contributed by atoms with Crippen molar-refractivity contribution in [3.05, 3.63) is 87.4 Å². The van der Waals surface area contributed by atoms with Gasteiger partial charge in [-0.15, -0.1) is 11.3 Å². The molecule has 0 amide bonds. The third-order valence-electron chi connectivity index (χ3n) is 5.77. The number of fused-ring (bicyclic) bond motifs is 1. The van der Waals surface area contributed by atoms with E-state index in [2.05, 4.69) is 0 Å². The molecule has 0 fully saturated rings. The molecule has 2 unspecified atom stereocenters. The maximum absolute atomic E-state index is 14.8. The molecule has 4 rings (SSSR count). The Morgan fingerprint density at radius 1 is 1.07 bits per heavy atom. The highest BCUT2D eigenvalue weighted by molar-refractivity contribution is 7.85. The van der Waals surface area contributed by atoms with Gasteiger partial charge >= 0.3 is 10.0 Å². The first-order chi connectivity index (χ1) is 14.1. The predicted molar refractivity (Wildman–Crippen MR) is 116 cm³/mol. The molecule has 1 aliphatic rings. The Labute approximate surface area is 180 Å². The number of halogens is 1. The monoisotopic (exact) mass is 446 g/mol. The average Bonchev–Trinajstić information content (AvgIpc) is 3.17. The van der Waals surface area contributed by atoms with E-state index >= 15 is 0 Å². The summed E-state index contributed by atoms with van der Waals surface area (Å²) in [6.07, 6.45) is 0.402. The van der Waals surface area contributed by atoms with Gasteiger partial charge in [-0.3, -0.25) is 0 Å².